The number of nitrogens with one attached hydrogen (secondary N) is 1. The number of nitriles is 1. The number of nitrogens with zero attached hydrogens (tertiary/aromatic N) is 2. The maximum Gasteiger partial charge on any atom is 0.330 e. The highest BCUT2D eigenvalue weighted by atomic mass is 16.5. The van der Waals surface area contributed by atoms with Crippen molar-refractivity contribution >= 4 is 5.97 Å². The van der Waals surface area contributed by atoms with Crippen molar-refractivity contribution in [2.24, 2.45) is 5.73 Å². The van der Waals surface area contributed by atoms with Gasteiger partial charge < -0.3 is 15.5 Å². The Morgan fingerprint density at radius 1 is 1.22 bits per heavy atom. The summed E-state index contributed by atoms with van der Waals surface area (Å²) in [5, 5.41) is 8.92. The summed E-state index contributed by atoms with van der Waals surface area (Å²) in [5.41, 5.74) is 9.10. The molecule has 7 heteroatoms. The monoisotopic (exact) mass is 362 g/mol. The first kappa shape index (κ1) is 18.2. The lowest BCUT2D eigenvalue weighted by atomic mass is 10.0. The molecule has 1 unspecified atom stereocenters. The molecule has 0 amide bonds. The first-order valence-corrected chi connectivity index (χ1v) is 8.27. The number of H-pyrrole nitrogens is 1. The highest BCUT2D eigenvalue weighted by Crippen LogP contribution is 2.22. The van der Waals surface area contributed by atoms with Gasteiger partial charge in [0.25, 0.3) is 0 Å². The summed E-state index contributed by atoms with van der Waals surface area (Å²) in [6.45, 7) is 0. The summed E-state index contributed by atoms with van der Waals surface area (Å²) in [6, 6.07) is 15.6. The van der Waals surface area contributed by atoms with Crippen molar-refractivity contribution in [3.63, 3.8) is 0 Å². The number of rotatable bonds is 5. The minimum absolute atomic E-state index is 0.272. The van der Waals surface area contributed by atoms with E-state index in [1.54, 1.807) is 30.5 Å². The minimum Gasteiger partial charge on any atom is -0.468 e. The Labute approximate surface area is 155 Å². The van der Waals surface area contributed by atoms with Crippen molar-refractivity contribution in [2.45, 2.75) is 12.5 Å². The van der Waals surface area contributed by atoms with E-state index in [0.717, 1.165) is 11.1 Å². The third-order valence-corrected chi connectivity index (χ3v) is 4.24. The Kier molecular flexibility index (Phi) is 5.20. The van der Waals surface area contributed by atoms with Gasteiger partial charge in [-0.1, -0.05) is 24.3 Å². The molecule has 0 saturated heterocycles. The van der Waals surface area contributed by atoms with E-state index in [-0.39, 0.29) is 5.69 Å². The Morgan fingerprint density at radius 3 is 2.48 bits per heavy atom. The number of aromatic nitrogens is 2. The van der Waals surface area contributed by atoms with Crippen LogP contribution in [0, 0.1) is 11.3 Å². The minimum atomic E-state index is -0.718. The summed E-state index contributed by atoms with van der Waals surface area (Å²) in [6.07, 6.45) is 2.00. The van der Waals surface area contributed by atoms with Gasteiger partial charge in [-0.25, -0.2) is 4.79 Å². The number of imidazole rings is 1. The standard InChI is InChI=1S/C20H18N4O3/c1-27-19(25)17(22)10-13-2-6-15(7-3-13)18-12-23-20(26)24(18)16-8-4-14(11-21)5-9-16/h2-9,12,17H,10,22H2,1H3,(H,23,26). The Morgan fingerprint density at radius 2 is 1.89 bits per heavy atom. The van der Waals surface area contributed by atoms with Crippen molar-refractivity contribution in [2.75, 3.05) is 7.11 Å². The molecule has 0 radical (unpaired) electrons. The van der Waals surface area contributed by atoms with Crippen molar-refractivity contribution < 1.29 is 9.53 Å². The molecule has 7 nitrogen and oxygen atoms in total. The Hall–Kier alpha value is -3.63. The van der Waals surface area contributed by atoms with Crippen LogP contribution in [0.15, 0.2) is 59.5 Å². The van der Waals surface area contributed by atoms with Crippen molar-refractivity contribution in [3.05, 3.63) is 76.3 Å². The van der Waals surface area contributed by atoms with Gasteiger partial charge >= 0.3 is 11.7 Å². The van der Waals surface area contributed by atoms with E-state index in [9.17, 15) is 9.59 Å². The normalized spacial score (nSPS) is 11.6. The smallest absolute Gasteiger partial charge is 0.330 e. The summed E-state index contributed by atoms with van der Waals surface area (Å²) < 4.78 is 6.17. The number of hydrogen-bond acceptors (Lipinski definition) is 5. The van der Waals surface area contributed by atoms with E-state index in [2.05, 4.69) is 15.8 Å². The van der Waals surface area contributed by atoms with Crippen molar-refractivity contribution in [3.8, 4) is 23.0 Å². The molecule has 1 atom stereocenters. The molecule has 2 aromatic carbocycles. The van der Waals surface area contributed by atoms with Crippen molar-refractivity contribution in [1.82, 2.24) is 9.55 Å². The van der Waals surface area contributed by atoms with E-state index in [0.29, 0.717) is 23.4 Å². The number of methoxy groups -OCH3 is 1. The number of nitrogens with two attached hydrogens (primary N) is 1. The van der Waals surface area contributed by atoms with E-state index in [1.807, 2.05) is 24.3 Å². The van der Waals surface area contributed by atoms with Crippen molar-refractivity contribution in [1.29, 1.82) is 5.26 Å². The molecule has 0 fully saturated rings. The fourth-order valence-electron chi connectivity index (χ4n) is 2.82. The maximum atomic E-state index is 12.3. The van der Waals surface area contributed by atoms with E-state index < -0.39 is 12.0 Å². The van der Waals surface area contributed by atoms with E-state index in [4.69, 9.17) is 11.0 Å². The first-order valence-electron chi connectivity index (χ1n) is 8.27. The molecule has 0 aliphatic heterocycles. The fourth-order valence-corrected chi connectivity index (χ4v) is 2.82. The Balaban J connectivity index is 1.90. The van der Waals surface area contributed by atoms with Crippen LogP contribution in [0.4, 0.5) is 0 Å². The molecular formula is C20H18N4O3. The lowest BCUT2D eigenvalue weighted by molar-refractivity contribution is -0.142. The van der Waals surface area contributed by atoms with Gasteiger partial charge in [0.05, 0.1) is 30.1 Å². The third kappa shape index (κ3) is 3.81. The van der Waals surface area contributed by atoms with Crippen LogP contribution >= 0.6 is 0 Å². The highest BCUT2D eigenvalue weighted by molar-refractivity contribution is 5.75. The molecule has 0 spiro atoms. The first-order chi connectivity index (χ1) is 13.0. The zero-order chi connectivity index (χ0) is 19.4. The molecule has 3 N–H and O–H groups in total. The van der Waals surface area contributed by atoms with Crippen LogP contribution in [0.1, 0.15) is 11.1 Å². The Bertz CT molecular complexity index is 1040. The average molecular weight is 362 g/mol. The second-order valence-electron chi connectivity index (χ2n) is 6.00. The molecule has 1 aromatic heterocycles. The molecular weight excluding hydrogens is 344 g/mol. The van der Waals surface area contributed by atoms with Crippen LogP contribution in [0.25, 0.3) is 16.9 Å². The number of hydrogen-bond donors (Lipinski definition) is 2. The summed E-state index contributed by atoms with van der Waals surface area (Å²) in [4.78, 5) is 26.4. The van der Waals surface area contributed by atoms with Gasteiger partial charge in [-0.05, 0) is 36.2 Å². The third-order valence-electron chi connectivity index (χ3n) is 4.24. The van der Waals surface area contributed by atoms with Gasteiger partial charge in [0, 0.05) is 11.8 Å². The lowest BCUT2D eigenvalue weighted by Crippen LogP contribution is -2.33. The summed E-state index contributed by atoms with van der Waals surface area (Å²) in [7, 11) is 1.31. The molecule has 3 rings (SSSR count). The van der Waals surface area contributed by atoms with Gasteiger partial charge in [-0.2, -0.15) is 5.26 Å². The largest absolute Gasteiger partial charge is 0.468 e. The van der Waals surface area contributed by atoms with Crippen LogP contribution in [-0.4, -0.2) is 28.7 Å². The molecule has 1 heterocycles. The summed E-state index contributed by atoms with van der Waals surface area (Å²) >= 11 is 0. The molecule has 27 heavy (non-hydrogen) atoms. The second-order valence-corrected chi connectivity index (χ2v) is 6.00. The number of esters is 1. The zero-order valence-electron chi connectivity index (χ0n) is 14.7. The highest BCUT2D eigenvalue weighted by Gasteiger charge is 2.15. The van der Waals surface area contributed by atoms with Gasteiger partial charge in [-0.3, -0.25) is 9.36 Å². The zero-order valence-corrected chi connectivity index (χ0v) is 14.7. The number of benzene rings is 2. The maximum absolute atomic E-state index is 12.3. The lowest BCUT2D eigenvalue weighted by Gasteiger charge is -2.11. The topological polar surface area (TPSA) is 114 Å². The molecule has 3 aromatic rings. The van der Waals surface area contributed by atoms with Crippen LogP contribution in [0.3, 0.4) is 0 Å². The van der Waals surface area contributed by atoms with Gasteiger partial charge in [0.2, 0.25) is 0 Å². The number of carbonyl (C=O) groups is 1. The summed E-state index contributed by atoms with van der Waals surface area (Å²) in [5.74, 6) is -0.459. The van der Waals surface area contributed by atoms with Crippen LogP contribution in [-0.2, 0) is 16.0 Å². The predicted molar refractivity (Wildman–Crippen MR) is 100 cm³/mol. The quantitative estimate of drug-likeness (QED) is 0.671. The molecule has 0 saturated carbocycles. The number of aromatic amines is 1. The molecule has 0 aliphatic carbocycles. The van der Waals surface area contributed by atoms with Gasteiger partial charge in [0.1, 0.15) is 6.04 Å². The molecule has 0 aliphatic rings. The predicted octanol–water partition coefficient (Wildman–Crippen LogP) is 1.75. The fraction of sp³-hybridized carbons (Fsp3) is 0.150. The molecule has 0 bridgehead atoms. The van der Waals surface area contributed by atoms with Crippen LogP contribution < -0.4 is 11.4 Å². The van der Waals surface area contributed by atoms with Crippen LogP contribution in [0.2, 0.25) is 0 Å². The molecule has 136 valence electrons. The average Bonchev–Trinajstić information content (AvgIpc) is 3.09. The van der Waals surface area contributed by atoms with E-state index in [1.165, 1.54) is 11.7 Å². The van der Waals surface area contributed by atoms with Gasteiger partial charge in [-0.15, -0.1) is 0 Å². The SMILES string of the molecule is COC(=O)C(N)Cc1ccc(-c2c[nH]c(=O)n2-c2ccc(C#N)cc2)cc1. The van der Waals surface area contributed by atoms with Crippen LogP contribution in [0.5, 0.6) is 0 Å². The van der Waals surface area contributed by atoms with E-state index >= 15 is 0 Å². The van der Waals surface area contributed by atoms with Gasteiger partial charge in [0.15, 0.2) is 0 Å². The number of carbonyl (C=O) groups excluding carboxylic acids is 1. The number of ether oxygens (including phenoxy) is 1. The second kappa shape index (κ2) is 7.72.